The molecule has 1 saturated carbocycles. The summed E-state index contributed by atoms with van der Waals surface area (Å²) in [6, 6.07) is 0. The summed E-state index contributed by atoms with van der Waals surface area (Å²) < 4.78 is 5.39. The maximum atomic E-state index is 11.9. The molecule has 0 bridgehead atoms. The third kappa shape index (κ3) is 10.3. The summed E-state index contributed by atoms with van der Waals surface area (Å²) in [4.78, 5) is 14.2. The molecule has 0 saturated heterocycles. The number of rotatable bonds is 8. The molecule has 1 fully saturated rings. The van der Waals surface area contributed by atoms with Crippen LogP contribution in [0.25, 0.3) is 0 Å². The van der Waals surface area contributed by atoms with Crippen LogP contribution in [0.4, 0.5) is 0 Å². The molecule has 0 radical (unpaired) electrons. The van der Waals surface area contributed by atoms with E-state index in [9.17, 15) is 4.79 Å². The zero-order valence-corrected chi connectivity index (χ0v) is 15.7. The average Bonchev–Trinajstić information content (AvgIpc) is 2.42. The quantitative estimate of drug-likeness (QED) is 0.466. The van der Waals surface area contributed by atoms with Gasteiger partial charge in [0.2, 0.25) is 0 Å². The topological polar surface area (TPSA) is 29.5 Å². The first-order chi connectivity index (χ1) is 9.76. The molecule has 21 heavy (non-hydrogen) atoms. The van der Waals surface area contributed by atoms with Crippen molar-refractivity contribution in [3.8, 4) is 0 Å². The van der Waals surface area contributed by atoms with E-state index in [1.165, 1.54) is 44.9 Å². The van der Waals surface area contributed by atoms with Crippen molar-refractivity contribution in [1.82, 2.24) is 4.90 Å². The van der Waals surface area contributed by atoms with Crippen molar-refractivity contribution in [3.63, 3.8) is 0 Å². The summed E-state index contributed by atoms with van der Waals surface area (Å²) in [5.41, 5.74) is 0. The van der Waals surface area contributed by atoms with E-state index in [0.717, 1.165) is 26.1 Å². The Kier molecular flexibility index (Phi) is 13.5. The Labute approximate surface area is 141 Å². The summed E-state index contributed by atoms with van der Waals surface area (Å²) in [6.07, 6.45) is 10.7. The first kappa shape index (κ1) is 20.9. The minimum Gasteiger partial charge on any atom is -0.466 e. The van der Waals surface area contributed by atoms with Crippen molar-refractivity contribution in [3.05, 3.63) is 0 Å². The molecule has 0 aromatic rings. The molecule has 0 spiro atoms. The van der Waals surface area contributed by atoms with Crippen molar-refractivity contribution in [2.75, 3.05) is 26.2 Å². The van der Waals surface area contributed by atoms with Crippen LogP contribution < -0.4 is 0 Å². The number of nitrogens with zero attached hydrogens (tertiary/aromatic N) is 1. The Morgan fingerprint density at radius 1 is 1.05 bits per heavy atom. The lowest BCUT2D eigenvalue weighted by molar-refractivity contribution is -0.145. The average molecular weight is 364 g/mol. The van der Waals surface area contributed by atoms with E-state index in [1.807, 2.05) is 0 Å². The van der Waals surface area contributed by atoms with Crippen LogP contribution in [-0.2, 0) is 9.53 Å². The second-order valence-corrected chi connectivity index (χ2v) is 6.02. The number of carbonyl (C=O) groups excluding carboxylic acids is 1. The fourth-order valence-electron chi connectivity index (χ4n) is 3.05. The van der Waals surface area contributed by atoms with Gasteiger partial charge in [-0.25, -0.2) is 0 Å². The van der Waals surface area contributed by atoms with Crippen LogP contribution in [0.2, 0.25) is 0 Å². The lowest BCUT2D eigenvalue weighted by atomic mass is 9.89. The van der Waals surface area contributed by atoms with E-state index < -0.39 is 0 Å². The van der Waals surface area contributed by atoms with Gasteiger partial charge in [-0.1, -0.05) is 46.0 Å². The predicted molar refractivity (Wildman–Crippen MR) is 94.1 cm³/mol. The van der Waals surface area contributed by atoms with Gasteiger partial charge in [0.25, 0.3) is 0 Å². The smallest absolute Gasteiger partial charge is 0.306 e. The molecule has 1 rings (SSSR count). The highest BCUT2D eigenvalue weighted by atomic mass is 79.9. The van der Waals surface area contributed by atoms with Gasteiger partial charge in [-0.3, -0.25) is 4.79 Å². The van der Waals surface area contributed by atoms with E-state index in [2.05, 4.69) is 18.7 Å². The zero-order chi connectivity index (χ0) is 14.6. The lowest BCUT2D eigenvalue weighted by Gasteiger charge is -2.19. The van der Waals surface area contributed by atoms with Crippen LogP contribution >= 0.6 is 17.0 Å². The Bertz CT molecular complexity index is 249. The van der Waals surface area contributed by atoms with Crippen LogP contribution in [0.3, 0.4) is 0 Å². The van der Waals surface area contributed by atoms with E-state index >= 15 is 0 Å². The van der Waals surface area contributed by atoms with Crippen LogP contribution in [0, 0.1) is 5.92 Å². The number of carbonyl (C=O) groups is 1. The molecular weight excluding hydrogens is 330 g/mol. The third-order valence-corrected chi connectivity index (χ3v) is 4.46. The van der Waals surface area contributed by atoms with E-state index in [-0.39, 0.29) is 23.0 Å². The summed E-state index contributed by atoms with van der Waals surface area (Å²) in [6.45, 7) is 8.11. The van der Waals surface area contributed by atoms with Crippen molar-refractivity contribution in [2.24, 2.45) is 5.92 Å². The van der Waals surface area contributed by atoms with Crippen molar-refractivity contribution >= 4 is 23.0 Å². The minimum absolute atomic E-state index is 0. The van der Waals surface area contributed by atoms with Gasteiger partial charge in [-0.2, -0.15) is 0 Å². The normalized spacial score (nSPS) is 16.9. The number of ether oxygens (including phenoxy) is 1. The number of hydrogen-bond acceptors (Lipinski definition) is 3. The van der Waals surface area contributed by atoms with Gasteiger partial charge in [0, 0.05) is 13.0 Å². The molecule has 0 unspecified atom stereocenters. The molecule has 4 heteroatoms. The monoisotopic (exact) mass is 363 g/mol. The molecule has 0 heterocycles. The van der Waals surface area contributed by atoms with Crippen molar-refractivity contribution < 1.29 is 9.53 Å². The standard InChI is InChI=1S/C17H33NO2.BrH/c1-3-18(4-2)13-10-14-20-17(19)15-16-11-8-6-5-7-9-12-16;/h16H,3-15H2,1-2H3;1H. The second-order valence-electron chi connectivity index (χ2n) is 6.02. The fourth-order valence-corrected chi connectivity index (χ4v) is 3.05. The number of esters is 1. The summed E-state index contributed by atoms with van der Waals surface area (Å²) in [5, 5.41) is 0. The van der Waals surface area contributed by atoms with E-state index in [1.54, 1.807) is 0 Å². The Hall–Kier alpha value is -0.0900. The van der Waals surface area contributed by atoms with Gasteiger partial charge >= 0.3 is 5.97 Å². The first-order valence-electron chi connectivity index (χ1n) is 8.64. The van der Waals surface area contributed by atoms with Crippen LogP contribution in [0.5, 0.6) is 0 Å². The molecule has 0 N–H and O–H groups in total. The van der Waals surface area contributed by atoms with E-state index in [0.29, 0.717) is 18.9 Å². The highest BCUT2D eigenvalue weighted by molar-refractivity contribution is 8.93. The van der Waals surface area contributed by atoms with Gasteiger partial charge < -0.3 is 9.64 Å². The number of hydrogen-bond donors (Lipinski definition) is 0. The molecule has 0 aromatic carbocycles. The Morgan fingerprint density at radius 3 is 2.19 bits per heavy atom. The largest absolute Gasteiger partial charge is 0.466 e. The molecule has 0 atom stereocenters. The van der Waals surface area contributed by atoms with Gasteiger partial charge in [-0.15, -0.1) is 17.0 Å². The third-order valence-electron chi connectivity index (χ3n) is 4.46. The van der Waals surface area contributed by atoms with Crippen LogP contribution in [-0.4, -0.2) is 37.1 Å². The van der Waals surface area contributed by atoms with Crippen LogP contribution in [0.1, 0.15) is 71.6 Å². The molecular formula is C17H34BrNO2. The maximum absolute atomic E-state index is 11.9. The summed E-state index contributed by atoms with van der Waals surface area (Å²) >= 11 is 0. The van der Waals surface area contributed by atoms with Gasteiger partial charge in [0.15, 0.2) is 0 Å². The van der Waals surface area contributed by atoms with Gasteiger partial charge in [-0.05, 0) is 38.3 Å². The molecule has 126 valence electrons. The molecule has 1 aliphatic carbocycles. The van der Waals surface area contributed by atoms with Gasteiger partial charge in [0.1, 0.15) is 0 Å². The van der Waals surface area contributed by atoms with E-state index in [4.69, 9.17) is 4.74 Å². The zero-order valence-electron chi connectivity index (χ0n) is 13.9. The Balaban J connectivity index is 0.00000400. The molecule has 0 amide bonds. The maximum Gasteiger partial charge on any atom is 0.306 e. The molecule has 3 nitrogen and oxygen atoms in total. The minimum atomic E-state index is 0. The molecule has 1 aliphatic rings. The Morgan fingerprint density at radius 2 is 1.62 bits per heavy atom. The summed E-state index contributed by atoms with van der Waals surface area (Å²) in [7, 11) is 0. The second kappa shape index (κ2) is 13.6. The lowest BCUT2D eigenvalue weighted by Crippen LogP contribution is -2.25. The van der Waals surface area contributed by atoms with Crippen molar-refractivity contribution in [1.29, 1.82) is 0 Å². The fraction of sp³-hybridized carbons (Fsp3) is 0.941. The first-order valence-corrected chi connectivity index (χ1v) is 8.64. The molecule has 0 aliphatic heterocycles. The molecule has 0 aromatic heterocycles. The van der Waals surface area contributed by atoms with Crippen LogP contribution in [0.15, 0.2) is 0 Å². The predicted octanol–water partition coefficient (Wildman–Crippen LogP) is 4.59. The highest BCUT2D eigenvalue weighted by Crippen LogP contribution is 2.25. The SMILES string of the molecule is Br.CCN(CC)CCCOC(=O)CC1CCCCCCC1. The number of halogens is 1. The highest BCUT2D eigenvalue weighted by Gasteiger charge is 2.16. The van der Waals surface area contributed by atoms with Gasteiger partial charge in [0.05, 0.1) is 6.61 Å². The summed E-state index contributed by atoms with van der Waals surface area (Å²) in [5.74, 6) is 0.598. The van der Waals surface area contributed by atoms with Crippen molar-refractivity contribution in [2.45, 2.75) is 71.6 Å².